The number of likely N-dealkylation sites (N-methyl/N-ethyl adjacent to an activating group) is 1. The lowest BCUT2D eigenvalue weighted by molar-refractivity contribution is 0.184. The number of methoxy groups -OCH3 is 2. The topological polar surface area (TPSA) is 47.7 Å². The van der Waals surface area contributed by atoms with E-state index in [1.54, 1.807) is 14.2 Å². The summed E-state index contributed by atoms with van der Waals surface area (Å²) in [6.45, 7) is 2.78. The Hall–Kier alpha value is -0.910. The third-order valence-corrected chi connectivity index (χ3v) is 4.64. The van der Waals surface area contributed by atoms with Crippen molar-refractivity contribution >= 4 is 11.8 Å². The van der Waals surface area contributed by atoms with E-state index in [2.05, 4.69) is 31.2 Å². The number of nitrogens with zero attached hydrogens (tertiary/aromatic N) is 1. The number of ether oxygens (including phenoxy) is 2. The summed E-state index contributed by atoms with van der Waals surface area (Å²) in [5, 5.41) is 0. The summed E-state index contributed by atoms with van der Waals surface area (Å²) in [6, 6.07) is 6.58. The van der Waals surface area contributed by atoms with Crippen molar-refractivity contribution in [3.63, 3.8) is 0 Å². The fraction of sp³-hybridized carbons (Fsp3) is 0.625. The van der Waals surface area contributed by atoms with E-state index in [0.717, 1.165) is 29.2 Å². The molecule has 21 heavy (non-hydrogen) atoms. The molecule has 5 heteroatoms. The zero-order valence-corrected chi connectivity index (χ0v) is 14.6. The Morgan fingerprint density at radius 1 is 1.29 bits per heavy atom. The smallest absolute Gasteiger partial charge is 0.127 e. The number of thioether (sulfide) groups is 1. The molecule has 4 nitrogen and oxygen atoms in total. The Morgan fingerprint density at radius 3 is 2.48 bits per heavy atom. The number of benzene rings is 1. The summed E-state index contributed by atoms with van der Waals surface area (Å²) < 4.78 is 10.8. The normalized spacial score (nSPS) is 14.0. The molecular weight excluding hydrogens is 284 g/mol. The molecule has 2 atom stereocenters. The van der Waals surface area contributed by atoms with Gasteiger partial charge in [0.15, 0.2) is 0 Å². The zero-order chi connectivity index (χ0) is 15.8. The molecule has 0 bridgehead atoms. The second kappa shape index (κ2) is 9.18. The molecule has 2 N–H and O–H groups in total. The quantitative estimate of drug-likeness (QED) is 0.760. The molecule has 2 unspecified atom stereocenters. The molecule has 0 aliphatic rings. The summed E-state index contributed by atoms with van der Waals surface area (Å²) in [5.74, 6) is 2.72. The molecule has 120 valence electrons. The summed E-state index contributed by atoms with van der Waals surface area (Å²) >= 11 is 1.87. The van der Waals surface area contributed by atoms with Gasteiger partial charge in [-0.05, 0) is 25.8 Å². The third-order valence-electron chi connectivity index (χ3n) is 3.92. The van der Waals surface area contributed by atoms with Gasteiger partial charge in [-0.2, -0.15) is 11.8 Å². The number of rotatable bonds is 9. The summed E-state index contributed by atoms with van der Waals surface area (Å²) in [5.41, 5.74) is 7.17. The Kier molecular flexibility index (Phi) is 7.93. The Balaban J connectivity index is 3.08. The van der Waals surface area contributed by atoms with Crippen molar-refractivity contribution in [2.24, 2.45) is 5.73 Å². The lowest BCUT2D eigenvalue weighted by atomic mass is 10.0. The SMILES string of the molecule is CCC(CSC)N(C)C(CN)c1ccc(OC)cc1OC. The highest BCUT2D eigenvalue weighted by Gasteiger charge is 2.24. The van der Waals surface area contributed by atoms with Gasteiger partial charge in [-0.15, -0.1) is 0 Å². The molecule has 0 aliphatic heterocycles. The van der Waals surface area contributed by atoms with E-state index in [1.165, 1.54) is 0 Å². The first-order valence-corrected chi connectivity index (χ1v) is 8.65. The fourth-order valence-corrected chi connectivity index (χ4v) is 3.43. The van der Waals surface area contributed by atoms with E-state index in [9.17, 15) is 0 Å². The van der Waals surface area contributed by atoms with Crippen molar-refractivity contribution in [2.45, 2.75) is 25.4 Å². The second-order valence-electron chi connectivity index (χ2n) is 5.04. The van der Waals surface area contributed by atoms with E-state index in [4.69, 9.17) is 15.2 Å². The number of hydrogen-bond donors (Lipinski definition) is 1. The van der Waals surface area contributed by atoms with Crippen LogP contribution in [0.2, 0.25) is 0 Å². The van der Waals surface area contributed by atoms with Crippen LogP contribution in [-0.2, 0) is 0 Å². The maximum Gasteiger partial charge on any atom is 0.127 e. The minimum Gasteiger partial charge on any atom is -0.497 e. The van der Waals surface area contributed by atoms with Crippen LogP contribution in [0.1, 0.15) is 24.9 Å². The van der Waals surface area contributed by atoms with E-state index in [-0.39, 0.29) is 6.04 Å². The second-order valence-corrected chi connectivity index (χ2v) is 5.95. The summed E-state index contributed by atoms with van der Waals surface area (Å²) in [7, 11) is 5.49. The van der Waals surface area contributed by atoms with E-state index in [0.29, 0.717) is 12.6 Å². The van der Waals surface area contributed by atoms with Gasteiger partial charge in [0, 0.05) is 30.0 Å². The molecule has 1 rings (SSSR count). The standard InChI is InChI=1S/C16H28N2O2S/c1-6-12(11-21-5)18(2)15(10-17)14-8-7-13(19-3)9-16(14)20-4/h7-9,12,15H,6,10-11,17H2,1-5H3. The molecular formula is C16H28N2O2S. The maximum atomic E-state index is 6.05. The van der Waals surface area contributed by atoms with Crippen molar-refractivity contribution in [3.8, 4) is 11.5 Å². The Morgan fingerprint density at radius 2 is 2.00 bits per heavy atom. The first-order valence-electron chi connectivity index (χ1n) is 7.25. The van der Waals surface area contributed by atoms with Crippen LogP contribution < -0.4 is 15.2 Å². The van der Waals surface area contributed by atoms with Gasteiger partial charge in [-0.1, -0.05) is 13.0 Å². The molecule has 0 amide bonds. The van der Waals surface area contributed by atoms with Gasteiger partial charge in [0.25, 0.3) is 0 Å². The van der Waals surface area contributed by atoms with Crippen LogP contribution in [0.4, 0.5) is 0 Å². The molecule has 0 radical (unpaired) electrons. The van der Waals surface area contributed by atoms with Crippen molar-refractivity contribution in [2.75, 3.05) is 39.8 Å². The number of nitrogens with two attached hydrogens (primary N) is 1. The van der Waals surface area contributed by atoms with Crippen LogP contribution in [0.15, 0.2) is 18.2 Å². The monoisotopic (exact) mass is 312 g/mol. The van der Waals surface area contributed by atoms with Crippen LogP contribution in [0, 0.1) is 0 Å². The van der Waals surface area contributed by atoms with Crippen LogP contribution in [0.5, 0.6) is 11.5 Å². The third kappa shape index (κ3) is 4.53. The lowest BCUT2D eigenvalue weighted by Crippen LogP contribution is -2.39. The van der Waals surface area contributed by atoms with Gasteiger partial charge in [0.05, 0.1) is 20.3 Å². The molecule has 0 heterocycles. The summed E-state index contributed by atoms with van der Waals surface area (Å²) in [6.07, 6.45) is 3.24. The lowest BCUT2D eigenvalue weighted by Gasteiger charge is -2.34. The van der Waals surface area contributed by atoms with Gasteiger partial charge in [0.1, 0.15) is 11.5 Å². The highest BCUT2D eigenvalue weighted by Crippen LogP contribution is 2.33. The van der Waals surface area contributed by atoms with Gasteiger partial charge in [0.2, 0.25) is 0 Å². The molecule has 0 saturated carbocycles. The first kappa shape index (κ1) is 18.1. The van der Waals surface area contributed by atoms with Gasteiger partial charge < -0.3 is 15.2 Å². The highest BCUT2D eigenvalue weighted by molar-refractivity contribution is 7.98. The first-order chi connectivity index (χ1) is 10.1. The highest BCUT2D eigenvalue weighted by atomic mass is 32.2. The summed E-state index contributed by atoms with van der Waals surface area (Å²) in [4.78, 5) is 2.36. The molecule has 0 saturated heterocycles. The maximum absolute atomic E-state index is 6.05. The predicted molar refractivity (Wildman–Crippen MR) is 91.6 cm³/mol. The molecule has 1 aromatic rings. The van der Waals surface area contributed by atoms with E-state index < -0.39 is 0 Å². The average Bonchev–Trinajstić information content (AvgIpc) is 2.53. The Bertz CT molecular complexity index is 429. The van der Waals surface area contributed by atoms with Crippen molar-refractivity contribution in [1.29, 1.82) is 0 Å². The Labute approximate surface area is 133 Å². The minimum atomic E-state index is 0.142. The van der Waals surface area contributed by atoms with Crippen LogP contribution in [0.25, 0.3) is 0 Å². The number of hydrogen-bond acceptors (Lipinski definition) is 5. The van der Waals surface area contributed by atoms with Gasteiger partial charge >= 0.3 is 0 Å². The van der Waals surface area contributed by atoms with Crippen molar-refractivity contribution in [3.05, 3.63) is 23.8 Å². The predicted octanol–water partition coefficient (Wildman–Crippen LogP) is 2.78. The zero-order valence-electron chi connectivity index (χ0n) is 13.8. The van der Waals surface area contributed by atoms with Crippen molar-refractivity contribution < 1.29 is 9.47 Å². The average molecular weight is 312 g/mol. The fourth-order valence-electron chi connectivity index (χ4n) is 2.58. The van der Waals surface area contributed by atoms with Crippen LogP contribution in [-0.4, -0.2) is 50.8 Å². The molecule has 0 spiro atoms. The van der Waals surface area contributed by atoms with Crippen LogP contribution in [0.3, 0.4) is 0 Å². The van der Waals surface area contributed by atoms with E-state index >= 15 is 0 Å². The molecule has 0 aliphatic carbocycles. The molecule has 0 fully saturated rings. The minimum absolute atomic E-state index is 0.142. The van der Waals surface area contributed by atoms with Crippen LogP contribution >= 0.6 is 11.8 Å². The molecule has 0 aromatic heterocycles. The van der Waals surface area contributed by atoms with Crippen molar-refractivity contribution in [1.82, 2.24) is 4.90 Å². The van der Waals surface area contributed by atoms with Gasteiger partial charge in [-0.25, -0.2) is 0 Å². The molecule has 1 aromatic carbocycles. The van der Waals surface area contributed by atoms with E-state index in [1.807, 2.05) is 23.9 Å². The van der Waals surface area contributed by atoms with Gasteiger partial charge in [-0.3, -0.25) is 4.90 Å². The largest absolute Gasteiger partial charge is 0.497 e.